The summed E-state index contributed by atoms with van der Waals surface area (Å²) in [5.41, 5.74) is 0. The summed E-state index contributed by atoms with van der Waals surface area (Å²) in [7, 11) is -1.82. The minimum Gasteiger partial charge on any atom is -0.376 e. The van der Waals surface area contributed by atoms with Crippen molar-refractivity contribution < 1.29 is 13.2 Å². The zero-order valence-electron chi connectivity index (χ0n) is 11.4. The molecule has 6 nitrogen and oxygen atoms in total. The SMILES string of the molecule is CNc1cc(S(=O)(=O)NC2CCOC2C2CC2)ccn1. The number of hydrogen-bond acceptors (Lipinski definition) is 5. The van der Waals surface area contributed by atoms with E-state index >= 15 is 0 Å². The zero-order valence-corrected chi connectivity index (χ0v) is 12.2. The first-order valence-corrected chi connectivity index (χ1v) is 8.36. The van der Waals surface area contributed by atoms with Gasteiger partial charge in [0, 0.05) is 25.9 Å². The third-order valence-electron chi connectivity index (χ3n) is 3.83. The van der Waals surface area contributed by atoms with Gasteiger partial charge in [-0.05, 0) is 31.2 Å². The van der Waals surface area contributed by atoms with Crippen LogP contribution in [0.1, 0.15) is 19.3 Å². The van der Waals surface area contributed by atoms with E-state index in [1.54, 1.807) is 7.05 Å². The normalized spacial score (nSPS) is 26.6. The molecule has 2 heterocycles. The van der Waals surface area contributed by atoms with Crippen LogP contribution in [-0.4, -0.2) is 39.2 Å². The summed E-state index contributed by atoms with van der Waals surface area (Å²) >= 11 is 0. The Bertz CT molecular complexity index is 586. The molecule has 2 unspecified atom stereocenters. The summed E-state index contributed by atoms with van der Waals surface area (Å²) in [4.78, 5) is 4.26. The summed E-state index contributed by atoms with van der Waals surface area (Å²) in [5.74, 6) is 1.06. The van der Waals surface area contributed by atoms with Crippen molar-refractivity contribution in [2.75, 3.05) is 19.0 Å². The smallest absolute Gasteiger partial charge is 0.241 e. The highest BCUT2D eigenvalue weighted by atomic mass is 32.2. The molecule has 1 aliphatic heterocycles. The monoisotopic (exact) mass is 297 g/mol. The number of sulfonamides is 1. The average Bonchev–Trinajstić information content (AvgIpc) is 3.19. The second-order valence-electron chi connectivity index (χ2n) is 5.32. The fourth-order valence-electron chi connectivity index (χ4n) is 2.61. The molecule has 2 atom stereocenters. The van der Waals surface area contributed by atoms with Crippen molar-refractivity contribution in [3.63, 3.8) is 0 Å². The van der Waals surface area contributed by atoms with Crippen LogP contribution in [0.4, 0.5) is 5.82 Å². The van der Waals surface area contributed by atoms with Crippen molar-refractivity contribution in [1.82, 2.24) is 9.71 Å². The molecule has 110 valence electrons. The minimum absolute atomic E-state index is 0.0374. The van der Waals surface area contributed by atoms with Gasteiger partial charge in [0.25, 0.3) is 0 Å². The Kier molecular flexibility index (Phi) is 3.66. The largest absolute Gasteiger partial charge is 0.376 e. The molecule has 7 heteroatoms. The van der Waals surface area contributed by atoms with E-state index < -0.39 is 10.0 Å². The van der Waals surface area contributed by atoms with Crippen LogP contribution in [0.3, 0.4) is 0 Å². The molecule has 0 aromatic carbocycles. The molecule has 20 heavy (non-hydrogen) atoms. The van der Waals surface area contributed by atoms with Crippen molar-refractivity contribution in [3.8, 4) is 0 Å². The highest BCUT2D eigenvalue weighted by Crippen LogP contribution is 2.39. The maximum Gasteiger partial charge on any atom is 0.241 e. The van der Waals surface area contributed by atoms with Crippen LogP contribution in [-0.2, 0) is 14.8 Å². The highest BCUT2D eigenvalue weighted by molar-refractivity contribution is 7.89. The first-order chi connectivity index (χ1) is 9.60. The van der Waals surface area contributed by atoms with E-state index in [1.165, 1.54) is 18.3 Å². The lowest BCUT2D eigenvalue weighted by atomic mass is 10.1. The van der Waals surface area contributed by atoms with Gasteiger partial charge in [0.2, 0.25) is 10.0 Å². The minimum atomic E-state index is -3.52. The Balaban J connectivity index is 1.77. The number of ether oxygens (including phenoxy) is 1. The average molecular weight is 297 g/mol. The van der Waals surface area contributed by atoms with Gasteiger partial charge in [-0.2, -0.15) is 0 Å². The first kappa shape index (κ1) is 13.8. The Morgan fingerprint density at radius 2 is 2.15 bits per heavy atom. The number of pyridine rings is 1. The van der Waals surface area contributed by atoms with Crippen LogP contribution in [0.2, 0.25) is 0 Å². The third-order valence-corrected chi connectivity index (χ3v) is 5.31. The lowest BCUT2D eigenvalue weighted by Gasteiger charge is -2.19. The summed E-state index contributed by atoms with van der Waals surface area (Å²) in [6.07, 6.45) is 4.55. The molecule has 0 bridgehead atoms. The van der Waals surface area contributed by atoms with Gasteiger partial charge in [0.05, 0.1) is 17.0 Å². The number of anilines is 1. The zero-order chi connectivity index (χ0) is 14.2. The van der Waals surface area contributed by atoms with Crippen molar-refractivity contribution >= 4 is 15.8 Å². The topological polar surface area (TPSA) is 80.3 Å². The van der Waals surface area contributed by atoms with Gasteiger partial charge in [-0.25, -0.2) is 18.1 Å². The highest BCUT2D eigenvalue weighted by Gasteiger charge is 2.42. The van der Waals surface area contributed by atoms with Crippen molar-refractivity contribution in [2.45, 2.75) is 36.3 Å². The van der Waals surface area contributed by atoms with Crippen LogP contribution in [0.15, 0.2) is 23.2 Å². The Morgan fingerprint density at radius 3 is 2.85 bits per heavy atom. The molecular formula is C13H19N3O3S. The fourth-order valence-corrected chi connectivity index (χ4v) is 3.90. The van der Waals surface area contributed by atoms with E-state index in [2.05, 4.69) is 15.0 Å². The van der Waals surface area contributed by atoms with Gasteiger partial charge in [0.15, 0.2) is 0 Å². The van der Waals surface area contributed by atoms with E-state index in [1.807, 2.05) is 0 Å². The molecule has 1 aromatic heterocycles. The summed E-state index contributed by atoms with van der Waals surface area (Å²) in [6.45, 7) is 0.631. The van der Waals surface area contributed by atoms with Crippen molar-refractivity contribution in [2.24, 2.45) is 5.92 Å². The molecule has 0 amide bonds. The molecule has 1 aromatic rings. The molecular weight excluding hydrogens is 278 g/mol. The molecule has 1 aliphatic carbocycles. The molecule has 2 fully saturated rings. The number of aromatic nitrogens is 1. The van der Waals surface area contributed by atoms with Crippen LogP contribution in [0.25, 0.3) is 0 Å². The van der Waals surface area contributed by atoms with Crippen molar-refractivity contribution in [1.29, 1.82) is 0 Å². The molecule has 2 N–H and O–H groups in total. The lowest BCUT2D eigenvalue weighted by Crippen LogP contribution is -2.41. The second kappa shape index (κ2) is 5.31. The first-order valence-electron chi connectivity index (χ1n) is 6.88. The maximum absolute atomic E-state index is 12.4. The van der Waals surface area contributed by atoms with Crippen LogP contribution in [0, 0.1) is 5.92 Å². The van der Waals surface area contributed by atoms with Gasteiger partial charge in [-0.3, -0.25) is 0 Å². The van der Waals surface area contributed by atoms with E-state index in [4.69, 9.17) is 4.74 Å². The number of rotatable bonds is 5. The van der Waals surface area contributed by atoms with Gasteiger partial charge in [-0.15, -0.1) is 0 Å². The van der Waals surface area contributed by atoms with Gasteiger partial charge in [0.1, 0.15) is 5.82 Å². The van der Waals surface area contributed by atoms with E-state index in [0.29, 0.717) is 18.3 Å². The quantitative estimate of drug-likeness (QED) is 0.846. The van der Waals surface area contributed by atoms with Crippen LogP contribution >= 0.6 is 0 Å². The van der Waals surface area contributed by atoms with E-state index in [-0.39, 0.29) is 17.0 Å². The van der Waals surface area contributed by atoms with Gasteiger partial charge < -0.3 is 10.1 Å². The number of nitrogens with one attached hydrogen (secondary N) is 2. The molecule has 1 saturated heterocycles. The molecule has 0 radical (unpaired) electrons. The molecule has 2 aliphatic rings. The summed E-state index contributed by atoms with van der Waals surface area (Å²) in [5, 5.41) is 2.84. The third kappa shape index (κ3) is 2.79. The Labute approximate surface area is 119 Å². The second-order valence-corrected chi connectivity index (χ2v) is 7.03. The van der Waals surface area contributed by atoms with Crippen LogP contribution < -0.4 is 10.0 Å². The Hall–Kier alpha value is -1.18. The maximum atomic E-state index is 12.4. The molecule has 1 saturated carbocycles. The van der Waals surface area contributed by atoms with Crippen molar-refractivity contribution in [3.05, 3.63) is 18.3 Å². The van der Waals surface area contributed by atoms with Crippen LogP contribution in [0.5, 0.6) is 0 Å². The number of hydrogen-bond donors (Lipinski definition) is 2. The lowest BCUT2D eigenvalue weighted by molar-refractivity contribution is 0.0848. The predicted octanol–water partition coefficient (Wildman–Crippen LogP) is 0.969. The van der Waals surface area contributed by atoms with Gasteiger partial charge >= 0.3 is 0 Å². The number of nitrogens with zero attached hydrogens (tertiary/aromatic N) is 1. The standard InChI is InChI=1S/C13H19N3O3S/c1-14-12-8-10(4-6-15-12)20(17,18)16-11-5-7-19-13(11)9-2-3-9/h4,6,8-9,11,13,16H,2-3,5,7H2,1H3,(H,14,15). The van der Waals surface area contributed by atoms with E-state index in [9.17, 15) is 8.42 Å². The molecule has 3 rings (SSSR count). The predicted molar refractivity (Wildman–Crippen MR) is 75.0 cm³/mol. The summed E-state index contributed by atoms with van der Waals surface area (Å²) in [6, 6.07) is 2.92. The fraction of sp³-hybridized carbons (Fsp3) is 0.615. The molecule has 0 spiro atoms. The summed E-state index contributed by atoms with van der Waals surface area (Å²) < 4.78 is 33.3. The van der Waals surface area contributed by atoms with Gasteiger partial charge in [-0.1, -0.05) is 0 Å². The van der Waals surface area contributed by atoms with E-state index in [0.717, 1.165) is 19.3 Å². The Morgan fingerprint density at radius 1 is 1.35 bits per heavy atom.